The third kappa shape index (κ3) is 2.90. The number of carbonyl (C=O) groups is 1. The molecule has 0 aliphatic carbocycles. The van der Waals surface area contributed by atoms with Gasteiger partial charge in [-0.15, -0.1) is 0 Å². The topological polar surface area (TPSA) is 63.5 Å². The highest BCUT2D eigenvalue weighted by molar-refractivity contribution is 7.80. The van der Waals surface area contributed by atoms with Crippen LogP contribution in [-0.2, 0) is 10.3 Å². The van der Waals surface area contributed by atoms with Crippen LogP contribution in [0.5, 0.6) is 0 Å². The van der Waals surface area contributed by atoms with E-state index in [1.54, 1.807) is 34.3 Å². The van der Waals surface area contributed by atoms with E-state index in [1.807, 2.05) is 27.7 Å². The van der Waals surface area contributed by atoms with Crippen LogP contribution in [0.15, 0.2) is 12.1 Å². The van der Waals surface area contributed by atoms with E-state index in [0.29, 0.717) is 27.1 Å². The van der Waals surface area contributed by atoms with Crippen molar-refractivity contribution in [1.29, 1.82) is 0 Å². The van der Waals surface area contributed by atoms with Crippen molar-refractivity contribution in [2.75, 3.05) is 4.90 Å². The molecule has 2 heterocycles. The van der Waals surface area contributed by atoms with Gasteiger partial charge in [0.05, 0.1) is 21.0 Å². The molecule has 0 saturated heterocycles. The van der Waals surface area contributed by atoms with E-state index in [-0.39, 0.29) is 22.4 Å². The number of anilines is 1. The van der Waals surface area contributed by atoms with E-state index in [9.17, 15) is 14.9 Å². The minimum Gasteiger partial charge on any atom is -0.301 e. The maximum Gasteiger partial charge on any atom is 0.273 e. The number of nitro benzene ring substituents is 1. The van der Waals surface area contributed by atoms with Crippen molar-refractivity contribution in [2.24, 2.45) is 5.92 Å². The maximum atomic E-state index is 13.1. The average molecular weight is 409 g/mol. The van der Waals surface area contributed by atoms with Crippen molar-refractivity contribution < 1.29 is 9.72 Å². The van der Waals surface area contributed by atoms with Gasteiger partial charge < -0.3 is 4.90 Å². The van der Waals surface area contributed by atoms with Crippen LogP contribution in [0.1, 0.15) is 44.6 Å². The van der Waals surface area contributed by atoms with Crippen LogP contribution in [0.3, 0.4) is 0 Å². The van der Waals surface area contributed by atoms with Crippen molar-refractivity contribution in [3.8, 4) is 11.1 Å². The molecule has 0 bridgehead atoms. The fourth-order valence-corrected chi connectivity index (χ4v) is 6.73. The third-order valence-electron chi connectivity index (χ3n) is 4.60. The Morgan fingerprint density at radius 1 is 1.35 bits per heavy atom. The molecule has 1 amide bonds. The van der Waals surface area contributed by atoms with Crippen LogP contribution in [0.4, 0.5) is 11.4 Å². The smallest absolute Gasteiger partial charge is 0.273 e. The van der Waals surface area contributed by atoms with E-state index >= 15 is 0 Å². The van der Waals surface area contributed by atoms with E-state index in [0.717, 1.165) is 10.4 Å². The van der Waals surface area contributed by atoms with Crippen LogP contribution >= 0.6 is 32.9 Å². The summed E-state index contributed by atoms with van der Waals surface area (Å²) in [6.45, 7) is 9.76. The van der Waals surface area contributed by atoms with Gasteiger partial charge in [-0.05, 0) is 32.8 Å². The van der Waals surface area contributed by atoms with Gasteiger partial charge in [0.2, 0.25) is 5.91 Å². The van der Waals surface area contributed by atoms with Gasteiger partial charge in [0.15, 0.2) is 0 Å². The summed E-state index contributed by atoms with van der Waals surface area (Å²) < 4.78 is 0.716. The third-order valence-corrected chi connectivity index (χ3v) is 7.93. The van der Waals surface area contributed by atoms with Crippen LogP contribution in [-0.4, -0.2) is 10.8 Å². The first-order chi connectivity index (χ1) is 12.1. The second kappa shape index (κ2) is 6.51. The Morgan fingerprint density at radius 2 is 2.00 bits per heavy atom. The zero-order chi connectivity index (χ0) is 19.4. The maximum absolute atomic E-state index is 13.1. The van der Waals surface area contributed by atoms with Crippen LogP contribution < -0.4 is 4.90 Å². The quantitative estimate of drug-likeness (QED) is 0.268. The van der Waals surface area contributed by atoms with Gasteiger partial charge in [0, 0.05) is 29.2 Å². The van der Waals surface area contributed by atoms with Gasteiger partial charge in [-0.2, -0.15) is 0 Å². The Labute approximate surface area is 164 Å². The predicted octanol–water partition coefficient (Wildman–Crippen LogP) is 6.05. The lowest BCUT2D eigenvalue weighted by Gasteiger charge is -2.43. The fourth-order valence-electron chi connectivity index (χ4n) is 3.45. The standard InChI is InChI=1S/C18H20N2O3S3/c1-9(2)6-14(21)19-13-7-10(3)12(20(22)23)8-11(13)15-16(18(19,4)5)25-26-17(15)24/h7-9H,6H2,1-5H3. The molecule has 1 aromatic heterocycles. The number of nitrogens with zero attached hydrogens (tertiary/aromatic N) is 2. The van der Waals surface area contributed by atoms with Gasteiger partial charge in [-0.3, -0.25) is 14.9 Å². The van der Waals surface area contributed by atoms with E-state index < -0.39 is 5.54 Å². The highest BCUT2D eigenvalue weighted by Crippen LogP contribution is 2.53. The van der Waals surface area contributed by atoms with Crippen LogP contribution in [0.25, 0.3) is 11.1 Å². The second-order valence-corrected chi connectivity index (χ2v) is 10.3. The Kier molecular flexibility index (Phi) is 4.79. The van der Waals surface area contributed by atoms with Crippen molar-refractivity contribution in [3.63, 3.8) is 0 Å². The summed E-state index contributed by atoms with van der Waals surface area (Å²) in [7, 11) is 3.04. The number of amides is 1. The minimum absolute atomic E-state index is 0.0227. The molecule has 1 aromatic carbocycles. The van der Waals surface area contributed by atoms with Gasteiger partial charge in [-0.1, -0.05) is 46.7 Å². The summed E-state index contributed by atoms with van der Waals surface area (Å²) in [4.78, 5) is 27.0. The number of carbonyl (C=O) groups excluding carboxylic acids is 1. The Balaban J connectivity index is 2.34. The van der Waals surface area contributed by atoms with E-state index in [2.05, 4.69) is 0 Å². The Hall–Kier alpha value is -1.64. The molecule has 5 nitrogen and oxygen atoms in total. The summed E-state index contributed by atoms with van der Waals surface area (Å²) in [5, 5.41) is 11.4. The SMILES string of the molecule is Cc1cc2c(cc1[N+](=O)[O-])-c1c(ssc1=S)C(C)(C)N2C(=O)CC(C)C. The molecule has 26 heavy (non-hydrogen) atoms. The zero-order valence-corrected chi connectivity index (χ0v) is 17.7. The van der Waals surface area contributed by atoms with Gasteiger partial charge in [0.25, 0.3) is 5.69 Å². The lowest BCUT2D eigenvalue weighted by atomic mass is 9.86. The number of rotatable bonds is 3. The largest absolute Gasteiger partial charge is 0.301 e. The Morgan fingerprint density at radius 3 is 2.58 bits per heavy atom. The number of fused-ring (bicyclic) bond motifs is 3. The van der Waals surface area contributed by atoms with Crippen molar-refractivity contribution in [2.45, 2.75) is 46.6 Å². The molecular weight excluding hydrogens is 388 g/mol. The monoisotopic (exact) mass is 408 g/mol. The summed E-state index contributed by atoms with van der Waals surface area (Å²) in [6.07, 6.45) is 0.420. The molecule has 0 N–H and O–H groups in total. The molecule has 0 spiro atoms. The first-order valence-electron chi connectivity index (χ1n) is 8.31. The first kappa shape index (κ1) is 19.1. The lowest BCUT2D eigenvalue weighted by molar-refractivity contribution is -0.385. The van der Waals surface area contributed by atoms with Gasteiger partial charge in [0.1, 0.15) is 3.82 Å². The Bertz CT molecular complexity index is 973. The average Bonchev–Trinajstić information content (AvgIpc) is 2.88. The fraction of sp³-hybridized carbons (Fsp3) is 0.444. The molecule has 0 unspecified atom stereocenters. The highest BCUT2D eigenvalue weighted by atomic mass is 32.9. The normalized spacial score (nSPS) is 14.9. The predicted molar refractivity (Wildman–Crippen MR) is 110 cm³/mol. The first-order valence-corrected chi connectivity index (χ1v) is 10.9. The summed E-state index contributed by atoms with van der Waals surface area (Å²) in [5.41, 5.74) is 2.32. The van der Waals surface area contributed by atoms with E-state index in [4.69, 9.17) is 12.2 Å². The molecule has 1 aliphatic heterocycles. The number of benzene rings is 1. The lowest BCUT2D eigenvalue weighted by Crippen LogP contribution is -2.48. The summed E-state index contributed by atoms with van der Waals surface area (Å²) in [5.74, 6) is 0.248. The summed E-state index contributed by atoms with van der Waals surface area (Å²) in [6, 6.07) is 3.33. The van der Waals surface area contributed by atoms with Gasteiger partial charge in [-0.25, -0.2) is 0 Å². The number of aryl methyl sites for hydroxylation is 1. The molecular formula is C18H20N2O3S3. The summed E-state index contributed by atoms with van der Waals surface area (Å²) >= 11 is 5.52. The zero-order valence-electron chi connectivity index (χ0n) is 15.3. The van der Waals surface area contributed by atoms with Crippen molar-refractivity contribution >= 4 is 50.2 Å². The number of hydrogen-bond donors (Lipinski definition) is 0. The van der Waals surface area contributed by atoms with Gasteiger partial charge >= 0.3 is 0 Å². The molecule has 3 rings (SSSR count). The van der Waals surface area contributed by atoms with Crippen LogP contribution in [0.2, 0.25) is 0 Å². The highest BCUT2D eigenvalue weighted by Gasteiger charge is 2.43. The molecule has 0 saturated carbocycles. The van der Waals surface area contributed by atoms with Crippen molar-refractivity contribution in [1.82, 2.24) is 0 Å². The molecule has 0 radical (unpaired) electrons. The minimum atomic E-state index is -0.547. The van der Waals surface area contributed by atoms with E-state index in [1.165, 1.54) is 10.3 Å². The molecule has 1 aliphatic rings. The number of hydrogen-bond acceptors (Lipinski definition) is 6. The van der Waals surface area contributed by atoms with Crippen LogP contribution in [0, 0.1) is 26.8 Å². The van der Waals surface area contributed by atoms with Crippen molar-refractivity contribution in [3.05, 3.63) is 36.5 Å². The molecule has 8 heteroatoms. The second-order valence-electron chi connectivity index (χ2n) is 7.46. The number of nitro groups is 1. The molecule has 2 aromatic rings. The molecule has 0 fully saturated rings. The molecule has 0 atom stereocenters. The molecule has 138 valence electrons.